The molecule has 5 nitrogen and oxygen atoms in total. The molecule has 0 bridgehead atoms. The number of hydrogen-bond acceptors (Lipinski definition) is 2. The molecule has 1 aliphatic rings. The van der Waals surface area contributed by atoms with E-state index >= 15 is 0 Å². The minimum Gasteiger partial charge on any atom is -0.355 e. The topological polar surface area (TPSA) is 61.4 Å². The van der Waals surface area contributed by atoms with Gasteiger partial charge in [0.1, 0.15) is 0 Å². The SMILES string of the molecule is CC(=O)NCCNC(=O)N1CCCC1. The fourth-order valence-corrected chi connectivity index (χ4v) is 1.44. The van der Waals surface area contributed by atoms with Crippen molar-refractivity contribution in [2.75, 3.05) is 26.2 Å². The normalized spacial score (nSPS) is 15.4. The molecular weight excluding hydrogens is 182 g/mol. The van der Waals surface area contributed by atoms with E-state index in [1.807, 2.05) is 0 Å². The molecule has 0 radical (unpaired) electrons. The van der Waals surface area contributed by atoms with Crippen molar-refractivity contribution >= 4 is 11.9 Å². The maximum Gasteiger partial charge on any atom is 0.317 e. The summed E-state index contributed by atoms with van der Waals surface area (Å²) in [6.07, 6.45) is 2.19. The van der Waals surface area contributed by atoms with Crippen LogP contribution >= 0.6 is 0 Å². The third-order valence-electron chi connectivity index (χ3n) is 2.17. The van der Waals surface area contributed by atoms with E-state index in [1.54, 1.807) is 4.90 Å². The van der Waals surface area contributed by atoms with Crippen LogP contribution < -0.4 is 10.6 Å². The molecule has 1 rings (SSSR count). The summed E-state index contributed by atoms with van der Waals surface area (Å²) in [5.41, 5.74) is 0. The standard InChI is InChI=1S/C9H17N3O2/c1-8(13)10-4-5-11-9(14)12-6-2-3-7-12/h2-7H2,1H3,(H,10,13)(H,11,14). The molecule has 0 saturated carbocycles. The lowest BCUT2D eigenvalue weighted by molar-refractivity contribution is -0.118. The van der Waals surface area contributed by atoms with Gasteiger partial charge in [-0.25, -0.2) is 4.79 Å². The Morgan fingerprint density at radius 3 is 2.29 bits per heavy atom. The number of amides is 3. The first-order valence-corrected chi connectivity index (χ1v) is 4.97. The van der Waals surface area contributed by atoms with E-state index < -0.39 is 0 Å². The van der Waals surface area contributed by atoms with Crippen LogP contribution in [-0.4, -0.2) is 43.0 Å². The fraction of sp³-hybridized carbons (Fsp3) is 0.778. The fourth-order valence-electron chi connectivity index (χ4n) is 1.44. The highest BCUT2D eigenvalue weighted by Crippen LogP contribution is 2.06. The Labute approximate surface area is 83.8 Å². The van der Waals surface area contributed by atoms with Crippen LogP contribution in [0.5, 0.6) is 0 Å². The zero-order chi connectivity index (χ0) is 10.4. The second-order valence-corrected chi connectivity index (χ2v) is 3.41. The molecule has 0 aromatic heterocycles. The van der Waals surface area contributed by atoms with Gasteiger partial charge >= 0.3 is 6.03 Å². The number of nitrogens with one attached hydrogen (secondary N) is 2. The van der Waals surface area contributed by atoms with Gasteiger partial charge in [-0.2, -0.15) is 0 Å². The zero-order valence-corrected chi connectivity index (χ0v) is 8.51. The maximum atomic E-state index is 11.4. The van der Waals surface area contributed by atoms with Crippen molar-refractivity contribution in [2.45, 2.75) is 19.8 Å². The predicted molar refractivity (Wildman–Crippen MR) is 52.9 cm³/mol. The van der Waals surface area contributed by atoms with Crippen molar-refractivity contribution in [1.29, 1.82) is 0 Å². The Morgan fingerprint density at radius 1 is 1.14 bits per heavy atom. The lowest BCUT2D eigenvalue weighted by atomic mass is 10.4. The summed E-state index contributed by atoms with van der Waals surface area (Å²) in [5.74, 6) is -0.0691. The summed E-state index contributed by atoms with van der Waals surface area (Å²) in [6, 6.07) is -0.0205. The molecule has 2 N–H and O–H groups in total. The minimum absolute atomic E-state index is 0.0205. The van der Waals surface area contributed by atoms with Crippen molar-refractivity contribution in [3.05, 3.63) is 0 Å². The Balaban J connectivity index is 2.05. The van der Waals surface area contributed by atoms with Gasteiger partial charge in [-0.15, -0.1) is 0 Å². The average Bonchev–Trinajstić information content (AvgIpc) is 2.64. The quantitative estimate of drug-likeness (QED) is 0.625. The van der Waals surface area contributed by atoms with Crippen molar-refractivity contribution in [1.82, 2.24) is 15.5 Å². The summed E-state index contributed by atoms with van der Waals surface area (Å²) < 4.78 is 0. The molecule has 3 amide bonds. The summed E-state index contributed by atoms with van der Waals surface area (Å²) in [7, 11) is 0. The van der Waals surface area contributed by atoms with Crippen LogP contribution in [0.3, 0.4) is 0 Å². The largest absolute Gasteiger partial charge is 0.355 e. The van der Waals surface area contributed by atoms with Crippen LogP contribution in [0.25, 0.3) is 0 Å². The van der Waals surface area contributed by atoms with Gasteiger partial charge in [0, 0.05) is 33.1 Å². The first-order chi connectivity index (χ1) is 6.70. The Bertz CT molecular complexity index is 212. The molecule has 0 spiro atoms. The second kappa shape index (κ2) is 5.47. The van der Waals surface area contributed by atoms with Crippen LogP contribution in [0.2, 0.25) is 0 Å². The highest BCUT2D eigenvalue weighted by Gasteiger charge is 2.16. The van der Waals surface area contributed by atoms with Crippen LogP contribution in [0, 0.1) is 0 Å². The first kappa shape index (κ1) is 10.8. The monoisotopic (exact) mass is 199 g/mol. The van der Waals surface area contributed by atoms with Gasteiger partial charge in [0.25, 0.3) is 0 Å². The lowest BCUT2D eigenvalue weighted by Crippen LogP contribution is -2.41. The summed E-state index contributed by atoms with van der Waals surface area (Å²) in [5, 5.41) is 5.37. The molecule has 5 heteroatoms. The predicted octanol–water partition coefficient (Wildman–Crippen LogP) is -0.0721. The molecule has 1 aliphatic heterocycles. The molecule has 0 aliphatic carbocycles. The third kappa shape index (κ3) is 3.64. The van der Waals surface area contributed by atoms with Gasteiger partial charge in [0.2, 0.25) is 5.91 Å². The molecule has 0 unspecified atom stereocenters. The highest BCUT2D eigenvalue weighted by molar-refractivity contribution is 5.75. The minimum atomic E-state index is -0.0691. The lowest BCUT2D eigenvalue weighted by Gasteiger charge is -2.15. The van der Waals surface area contributed by atoms with E-state index in [1.165, 1.54) is 6.92 Å². The van der Waals surface area contributed by atoms with Gasteiger partial charge in [-0.3, -0.25) is 4.79 Å². The molecule has 80 valence electrons. The first-order valence-electron chi connectivity index (χ1n) is 4.97. The molecular formula is C9H17N3O2. The smallest absolute Gasteiger partial charge is 0.317 e. The summed E-state index contributed by atoms with van der Waals surface area (Å²) in [4.78, 5) is 23.7. The van der Waals surface area contributed by atoms with Gasteiger partial charge in [-0.05, 0) is 12.8 Å². The van der Waals surface area contributed by atoms with Crippen LogP contribution in [-0.2, 0) is 4.79 Å². The van der Waals surface area contributed by atoms with E-state index in [-0.39, 0.29) is 11.9 Å². The second-order valence-electron chi connectivity index (χ2n) is 3.41. The van der Waals surface area contributed by atoms with Gasteiger partial charge < -0.3 is 15.5 Å². The maximum absolute atomic E-state index is 11.4. The van der Waals surface area contributed by atoms with Crippen LogP contribution in [0.4, 0.5) is 4.79 Å². The Hall–Kier alpha value is -1.26. The van der Waals surface area contributed by atoms with E-state index in [2.05, 4.69) is 10.6 Å². The van der Waals surface area contributed by atoms with E-state index in [4.69, 9.17) is 0 Å². The molecule has 0 atom stereocenters. The van der Waals surface area contributed by atoms with E-state index in [0.717, 1.165) is 25.9 Å². The number of rotatable bonds is 3. The Kier molecular flexibility index (Phi) is 4.22. The summed E-state index contributed by atoms with van der Waals surface area (Å²) in [6.45, 7) is 4.16. The molecule has 0 aromatic carbocycles. The number of nitrogens with zero attached hydrogens (tertiary/aromatic N) is 1. The number of urea groups is 1. The summed E-state index contributed by atoms with van der Waals surface area (Å²) >= 11 is 0. The van der Waals surface area contributed by atoms with Crippen molar-refractivity contribution in [3.8, 4) is 0 Å². The number of carbonyl (C=O) groups excluding carboxylic acids is 2. The van der Waals surface area contributed by atoms with Crippen molar-refractivity contribution in [3.63, 3.8) is 0 Å². The zero-order valence-electron chi connectivity index (χ0n) is 8.51. The molecule has 1 fully saturated rings. The molecule has 1 saturated heterocycles. The van der Waals surface area contributed by atoms with Gasteiger partial charge in [0.15, 0.2) is 0 Å². The Morgan fingerprint density at radius 2 is 1.71 bits per heavy atom. The van der Waals surface area contributed by atoms with Gasteiger partial charge in [0.05, 0.1) is 0 Å². The average molecular weight is 199 g/mol. The molecule has 0 aromatic rings. The van der Waals surface area contributed by atoms with Crippen LogP contribution in [0.1, 0.15) is 19.8 Å². The molecule has 14 heavy (non-hydrogen) atoms. The van der Waals surface area contributed by atoms with Crippen molar-refractivity contribution < 1.29 is 9.59 Å². The highest BCUT2D eigenvalue weighted by atomic mass is 16.2. The van der Waals surface area contributed by atoms with E-state index in [0.29, 0.717) is 13.1 Å². The van der Waals surface area contributed by atoms with E-state index in [9.17, 15) is 9.59 Å². The molecule has 1 heterocycles. The van der Waals surface area contributed by atoms with Gasteiger partial charge in [-0.1, -0.05) is 0 Å². The van der Waals surface area contributed by atoms with Crippen LogP contribution in [0.15, 0.2) is 0 Å². The number of likely N-dealkylation sites (tertiary alicyclic amines) is 1. The van der Waals surface area contributed by atoms with Crippen molar-refractivity contribution in [2.24, 2.45) is 0 Å². The number of hydrogen-bond donors (Lipinski definition) is 2. The third-order valence-corrected chi connectivity index (χ3v) is 2.17. The number of carbonyl (C=O) groups is 2.